The minimum absolute atomic E-state index is 0.0393. The van der Waals surface area contributed by atoms with Gasteiger partial charge in [0.25, 0.3) is 10.1 Å². The van der Waals surface area contributed by atoms with Crippen molar-refractivity contribution in [1.82, 2.24) is 0 Å². The number of likely N-dealkylation sites (N-methyl/N-ethyl adjacent to an activating group) is 1. The Balaban J connectivity index is 1.47. The number of fused-ring (bicyclic) bond motifs is 2. The molecule has 0 radical (unpaired) electrons. The molecular weight excluding hydrogens is 940 g/mol. The predicted octanol–water partition coefficient (Wildman–Crippen LogP) is 8.52. The van der Waals surface area contributed by atoms with Crippen LogP contribution >= 0.6 is 90.4 Å². The van der Waals surface area contributed by atoms with Crippen molar-refractivity contribution in [3.63, 3.8) is 0 Å². The molecule has 0 saturated heterocycles. The minimum atomic E-state index is -4.30. The van der Waals surface area contributed by atoms with Crippen LogP contribution in [0.25, 0.3) is 0 Å². The molecule has 2 aliphatic rings. The normalized spacial score (nSPS) is 20.0. The summed E-state index contributed by atoms with van der Waals surface area (Å²) in [6.07, 6.45) is 14.1. The number of halogens is 4. The topological polar surface area (TPSA) is 70.0 Å². The van der Waals surface area contributed by atoms with Crippen molar-refractivity contribution in [2.24, 2.45) is 4.99 Å². The maximum absolute atomic E-state index is 11.9. The highest BCUT2D eigenvalue weighted by molar-refractivity contribution is 14.1. The van der Waals surface area contributed by atoms with Gasteiger partial charge in [-0.2, -0.15) is 8.42 Å². The summed E-state index contributed by atoms with van der Waals surface area (Å²) in [5, 5.41) is 0. The van der Waals surface area contributed by atoms with Gasteiger partial charge in [0.15, 0.2) is 0 Å². The van der Waals surface area contributed by atoms with E-state index in [1.165, 1.54) is 24.1 Å². The van der Waals surface area contributed by atoms with E-state index < -0.39 is 10.1 Å². The van der Waals surface area contributed by atoms with Gasteiger partial charge >= 0.3 is 0 Å². The summed E-state index contributed by atoms with van der Waals surface area (Å²) in [6, 6.07) is 6.18. The number of benzene rings is 2. The van der Waals surface area contributed by atoms with E-state index in [4.69, 9.17) is 4.99 Å². The van der Waals surface area contributed by atoms with Crippen molar-refractivity contribution in [3.8, 4) is 0 Å². The van der Waals surface area contributed by atoms with E-state index in [9.17, 15) is 13.0 Å². The first-order valence-electron chi connectivity index (χ1n) is 11.3. The summed E-state index contributed by atoms with van der Waals surface area (Å²) in [4.78, 5) is 6.94. The monoisotopic (exact) mass is 964 g/mol. The van der Waals surface area contributed by atoms with Crippen LogP contribution in [0.2, 0.25) is 0 Å². The van der Waals surface area contributed by atoms with Gasteiger partial charge in [0.2, 0.25) is 0 Å². The van der Waals surface area contributed by atoms with Gasteiger partial charge in [0.05, 0.1) is 5.69 Å². The van der Waals surface area contributed by atoms with Gasteiger partial charge in [-0.05, 0) is 121 Å². The van der Waals surface area contributed by atoms with Crippen LogP contribution in [0, 0.1) is 14.3 Å². The maximum Gasteiger partial charge on any atom is 0.296 e. The molecule has 0 spiro atoms. The lowest BCUT2D eigenvalue weighted by Crippen LogP contribution is -2.23. The van der Waals surface area contributed by atoms with Crippen molar-refractivity contribution >= 4 is 118 Å². The lowest BCUT2D eigenvalue weighted by Gasteiger charge is -2.24. The van der Waals surface area contributed by atoms with Gasteiger partial charge in [-0.25, -0.2) is 0 Å². The van der Waals surface area contributed by atoms with E-state index >= 15 is 0 Å². The number of hydrogen-bond donors (Lipinski definition) is 1. The van der Waals surface area contributed by atoms with Gasteiger partial charge in [0.1, 0.15) is 4.90 Å². The SMILES string of the molecule is CC1C(/C=C/C=C/C=C/C=C2\N(C)c3cc(I)cc(I)c3C2(C)C)=Nc2cc(I)c(S(=O)(=O)O)c(I)c21. The molecule has 0 aromatic heterocycles. The molecule has 37 heavy (non-hydrogen) atoms. The van der Waals surface area contributed by atoms with Gasteiger partial charge in [-0.1, -0.05) is 51.2 Å². The number of hydrogen-bond acceptors (Lipinski definition) is 4. The fourth-order valence-electron chi connectivity index (χ4n) is 4.84. The highest BCUT2D eigenvalue weighted by atomic mass is 127. The largest absolute Gasteiger partial charge is 0.347 e. The summed E-state index contributed by atoms with van der Waals surface area (Å²) in [5.41, 5.74) is 6.24. The van der Waals surface area contributed by atoms with Crippen LogP contribution in [-0.4, -0.2) is 25.7 Å². The summed E-state index contributed by atoms with van der Waals surface area (Å²) >= 11 is 8.73. The van der Waals surface area contributed by atoms with E-state index in [1.54, 1.807) is 6.07 Å². The summed E-state index contributed by atoms with van der Waals surface area (Å²) < 4.78 is 36.9. The molecule has 0 amide bonds. The van der Waals surface area contributed by atoms with Crippen molar-refractivity contribution in [2.45, 2.75) is 37.0 Å². The number of nitrogens with zero attached hydrogens (tertiary/aromatic N) is 2. The molecule has 0 saturated carbocycles. The Bertz CT molecular complexity index is 1550. The van der Waals surface area contributed by atoms with Gasteiger partial charge in [-0.3, -0.25) is 9.55 Å². The zero-order valence-electron chi connectivity index (χ0n) is 20.4. The van der Waals surface area contributed by atoms with E-state index in [2.05, 4.69) is 95.3 Å². The van der Waals surface area contributed by atoms with Crippen LogP contribution in [0.1, 0.15) is 37.8 Å². The number of aliphatic imine (C=N–C) groups is 1. The Labute approximate surface area is 273 Å². The second-order valence-electron chi connectivity index (χ2n) is 9.31. The van der Waals surface area contributed by atoms with E-state index in [1.807, 2.05) is 82.5 Å². The Morgan fingerprint density at radius 1 is 1.00 bits per heavy atom. The molecule has 2 aromatic rings. The van der Waals surface area contributed by atoms with Crippen molar-refractivity contribution in [1.29, 1.82) is 0 Å². The van der Waals surface area contributed by atoms with Crippen LogP contribution in [0.4, 0.5) is 11.4 Å². The lowest BCUT2D eigenvalue weighted by atomic mass is 9.84. The molecule has 1 N–H and O–H groups in total. The average molecular weight is 964 g/mol. The Morgan fingerprint density at radius 3 is 2.32 bits per heavy atom. The molecule has 1 atom stereocenters. The molecular formula is C27H24I4N2O3S. The first-order chi connectivity index (χ1) is 17.2. The zero-order chi connectivity index (χ0) is 27.3. The fraction of sp³-hybridized carbons (Fsp3) is 0.222. The summed E-state index contributed by atoms with van der Waals surface area (Å²) in [6.45, 7) is 6.53. The average Bonchev–Trinajstić information content (AvgIpc) is 3.17. The molecule has 1 unspecified atom stereocenters. The van der Waals surface area contributed by atoms with Crippen LogP contribution in [-0.2, 0) is 15.5 Å². The van der Waals surface area contributed by atoms with Crippen molar-refractivity contribution < 1.29 is 13.0 Å². The van der Waals surface area contributed by atoms with Gasteiger partial charge in [-0.15, -0.1) is 0 Å². The highest BCUT2D eigenvalue weighted by Gasteiger charge is 2.40. The molecule has 4 rings (SSSR count). The van der Waals surface area contributed by atoms with Gasteiger partial charge < -0.3 is 4.90 Å². The number of anilines is 1. The molecule has 2 aromatic carbocycles. The van der Waals surface area contributed by atoms with E-state index in [0.717, 1.165) is 17.0 Å². The van der Waals surface area contributed by atoms with Crippen molar-refractivity contribution in [2.75, 3.05) is 11.9 Å². The molecule has 0 fully saturated rings. The third kappa shape index (κ3) is 5.79. The molecule has 10 heteroatoms. The van der Waals surface area contributed by atoms with E-state index in [0.29, 0.717) is 7.14 Å². The molecule has 5 nitrogen and oxygen atoms in total. The first kappa shape index (κ1) is 29.7. The highest BCUT2D eigenvalue weighted by Crippen LogP contribution is 2.49. The predicted molar refractivity (Wildman–Crippen MR) is 186 cm³/mol. The smallest absolute Gasteiger partial charge is 0.296 e. The maximum atomic E-state index is 11.9. The lowest BCUT2D eigenvalue weighted by molar-refractivity contribution is 0.482. The second-order valence-corrected chi connectivity index (χ2v) is 15.3. The van der Waals surface area contributed by atoms with E-state index in [-0.39, 0.29) is 16.2 Å². The number of allylic oxidation sites excluding steroid dienone is 8. The summed E-state index contributed by atoms with van der Waals surface area (Å²) in [7, 11) is -2.18. The second kappa shape index (κ2) is 11.3. The third-order valence-corrected chi connectivity index (χ3v) is 11.7. The van der Waals surface area contributed by atoms with Crippen LogP contribution in [0.5, 0.6) is 0 Å². The van der Waals surface area contributed by atoms with Crippen molar-refractivity contribution in [3.05, 3.63) is 91.8 Å². The molecule has 2 heterocycles. The van der Waals surface area contributed by atoms with Crippen LogP contribution in [0.3, 0.4) is 0 Å². The van der Waals surface area contributed by atoms with Gasteiger partial charge in [0, 0.05) is 60.9 Å². The van der Waals surface area contributed by atoms with Crippen LogP contribution in [0.15, 0.2) is 76.3 Å². The molecule has 194 valence electrons. The third-order valence-electron chi connectivity index (χ3n) is 6.56. The first-order valence-corrected chi connectivity index (χ1v) is 17.0. The molecule has 2 aliphatic heterocycles. The number of rotatable bonds is 5. The molecule has 0 bridgehead atoms. The molecule has 0 aliphatic carbocycles. The quantitative estimate of drug-likeness (QED) is 0.186. The fourth-order valence-corrected chi connectivity index (χ4v) is 11.8. The standard InChI is InChI=1S/C27H24I4N2O3S/c1-15-19(32-20-14-18(30)26(37(34,35)36)25(31)23(15)20)10-8-6-5-7-9-11-22-27(2,3)24-17(29)12-16(28)13-21(24)33(22)4/h5-15H,1-4H3,(H,34,35,36)/b6-5+,9-7+,10-8+,22-11-. The van der Waals surface area contributed by atoms with Crippen LogP contribution < -0.4 is 4.90 Å². The Hall–Kier alpha value is -0.300. The zero-order valence-corrected chi connectivity index (χ0v) is 29.9. The Morgan fingerprint density at radius 2 is 1.65 bits per heavy atom. The minimum Gasteiger partial charge on any atom is -0.347 e. The summed E-state index contributed by atoms with van der Waals surface area (Å²) in [5.74, 6) is -0.0723. The Kier molecular flexibility index (Phi) is 9.06.